The van der Waals surface area contributed by atoms with Gasteiger partial charge in [-0.15, -0.1) is 0 Å². The van der Waals surface area contributed by atoms with Crippen molar-refractivity contribution in [1.29, 1.82) is 0 Å². The number of para-hydroxylation sites is 2. The minimum absolute atomic E-state index is 0.0740. The first-order valence-electron chi connectivity index (χ1n) is 6.23. The van der Waals surface area contributed by atoms with E-state index in [-0.39, 0.29) is 5.91 Å². The molecule has 0 spiro atoms. The molecule has 0 aliphatic carbocycles. The van der Waals surface area contributed by atoms with Crippen LogP contribution in [0.1, 0.15) is 6.92 Å². The molecule has 0 saturated carbocycles. The largest absolute Gasteiger partial charge is 0.481 e. The maximum Gasteiger partial charge on any atom is 0.267 e. The highest BCUT2D eigenvalue weighted by Gasteiger charge is 2.20. The van der Waals surface area contributed by atoms with Crippen LogP contribution in [-0.4, -0.2) is 19.1 Å². The first-order valence-corrected chi connectivity index (χ1v) is 6.23. The average Bonchev–Trinajstić information content (AvgIpc) is 2.47. The van der Waals surface area contributed by atoms with Gasteiger partial charge in [0, 0.05) is 12.7 Å². The molecule has 0 N–H and O–H groups in total. The van der Waals surface area contributed by atoms with Gasteiger partial charge in [0.25, 0.3) is 5.91 Å². The highest BCUT2D eigenvalue weighted by Crippen LogP contribution is 2.15. The predicted octanol–water partition coefficient (Wildman–Crippen LogP) is 3.12. The molecule has 3 nitrogen and oxygen atoms in total. The van der Waals surface area contributed by atoms with E-state index in [4.69, 9.17) is 4.74 Å². The quantitative estimate of drug-likeness (QED) is 0.840. The van der Waals surface area contributed by atoms with Gasteiger partial charge in [-0.3, -0.25) is 4.79 Å². The number of amides is 1. The lowest BCUT2D eigenvalue weighted by Gasteiger charge is -2.22. The van der Waals surface area contributed by atoms with Crippen molar-refractivity contribution in [2.75, 3.05) is 11.9 Å². The van der Waals surface area contributed by atoms with Gasteiger partial charge in [0.2, 0.25) is 0 Å². The van der Waals surface area contributed by atoms with Crippen molar-refractivity contribution in [3.63, 3.8) is 0 Å². The van der Waals surface area contributed by atoms with E-state index >= 15 is 0 Å². The number of anilines is 1. The summed E-state index contributed by atoms with van der Waals surface area (Å²) in [7, 11) is 1.75. The van der Waals surface area contributed by atoms with Gasteiger partial charge < -0.3 is 9.64 Å². The van der Waals surface area contributed by atoms with Gasteiger partial charge in [-0.1, -0.05) is 36.4 Å². The Morgan fingerprint density at radius 1 is 1.00 bits per heavy atom. The number of ether oxygens (including phenoxy) is 1. The van der Waals surface area contributed by atoms with Gasteiger partial charge >= 0.3 is 0 Å². The van der Waals surface area contributed by atoms with Gasteiger partial charge in [-0.05, 0) is 31.2 Å². The summed E-state index contributed by atoms with van der Waals surface area (Å²) in [5.41, 5.74) is 0.857. The zero-order valence-electron chi connectivity index (χ0n) is 11.1. The van der Waals surface area contributed by atoms with Crippen LogP contribution in [0.5, 0.6) is 5.75 Å². The Morgan fingerprint density at radius 2 is 1.53 bits per heavy atom. The van der Waals surface area contributed by atoms with Crippen LogP contribution in [0.4, 0.5) is 5.69 Å². The number of hydrogen-bond acceptors (Lipinski definition) is 2. The fraction of sp³-hybridized carbons (Fsp3) is 0.188. The van der Waals surface area contributed by atoms with Crippen LogP contribution < -0.4 is 9.64 Å². The molecule has 0 aliphatic heterocycles. The Kier molecular flexibility index (Phi) is 4.18. The maximum absolute atomic E-state index is 12.2. The summed E-state index contributed by atoms with van der Waals surface area (Å²) >= 11 is 0. The third-order valence-electron chi connectivity index (χ3n) is 2.88. The van der Waals surface area contributed by atoms with Gasteiger partial charge in [0.1, 0.15) is 5.75 Å². The first-order chi connectivity index (χ1) is 9.18. The maximum atomic E-state index is 12.2. The standard InChI is InChI=1S/C16H17NO2/c1-13(19-15-11-7-4-8-12-15)16(18)17(2)14-9-5-3-6-10-14/h3-13H,1-2H3/t13-/m1/s1. The first kappa shape index (κ1) is 13.1. The van der Waals surface area contributed by atoms with E-state index in [2.05, 4.69) is 0 Å². The summed E-state index contributed by atoms with van der Waals surface area (Å²) in [6.45, 7) is 1.76. The molecule has 2 aromatic rings. The molecular formula is C16H17NO2. The summed E-state index contributed by atoms with van der Waals surface area (Å²) in [6.07, 6.45) is -0.521. The summed E-state index contributed by atoms with van der Waals surface area (Å²) in [5, 5.41) is 0. The highest BCUT2D eigenvalue weighted by atomic mass is 16.5. The molecule has 3 heteroatoms. The normalized spacial score (nSPS) is 11.7. The minimum Gasteiger partial charge on any atom is -0.481 e. The monoisotopic (exact) mass is 255 g/mol. The Labute approximate surface area is 113 Å². The van der Waals surface area contributed by atoms with Crippen molar-refractivity contribution in [3.05, 3.63) is 60.7 Å². The molecule has 0 aliphatic rings. The van der Waals surface area contributed by atoms with Crippen molar-refractivity contribution >= 4 is 11.6 Å². The number of hydrogen-bond donors (Lipinski definition) is 0. The number of nitrogens with zero attached hydrogens (tertiary/aromatic N) is 1. The molecule has 2 aromatic carbocycles. The Morgan fingerprint density at radius 3 is 2.11 bits per heavy atom. The van der Waals surface area contributed by atoms with E-state index in [9.17, 15) is 4.79 Å². The molecule has 1 amide bonds. The molecule has 0 unspecified atom stereocenters. The SMILES string of the molecule is C[C@@H](Oc1ccccc1)C(=O)N(C)c1ccccc1. The number of benzene rings is 2. The number of carbonyl (C=O) groups is 1. The van der Waals surface area contributed by atoms with Crippen LogP contribution in [0, 0.1) is 0 Å². The molecule has 1 atom stereocenters. The van der Waals surface area contributed by atoms with Crippen LogP contribution in [0.2, 0.25) is 0 Å². The molecule has 0 heterocycles. The zero-order chi connectivity index (χ0) is 13.7. The van der Waals surface area contributed by atoms with Crippen LogP contribution in [0.25, 0.3) is 0 Å². The van der Waals surface area contributed by atoms with E-state index in [0.717, 1.165) is 5.69 Å². The van der Waals surface area contributed by atoms with Crippen LogP contribution in [0.3, 0.4) is 0 Å². The van der Waals surface area contributed by atoms with Gasteiger partial charge in [-0.2, -0.15) is 0 Å². The molecule has 0 bridgehead atoms. The molecule has 98 valence electrons. The zero-order valence-corrected chi connectivity index (χ0v) is 11.1. The lowest BCUT2D eigenvalue weighted by molar-refractivity contribution is -0.124. The predicted molar refractivity (Wildman–Crippen MR) is 76.4 cm³/mol. The van der Waals surface area contributed by atoms with E-state index in [1.807, 2.05) is 60.7 Å². The van der Waals surface area contributed by atoms with Gasteiger partial charge in [0.15, 0.2) is 6.10 Å². The summed E-state index contributed by atoms with van der Waals surface area (Å²) in [5.74, 6) is 0.625. The molecular weight excluding hydrogens is 238 g/mol. The van der Waals surface area contributed by atoms with E-state index in [1.165, 1.54) is 0 Å². The fourth-order valence-electron chi connectivity index (χ4n) is 1.81. The van der Waals surface area contributed by atoms with Crippen molar-refractivity contribution in [3.8, 4) is 5.75 Å². The van der Waals surface area contributed by atoms with Gasteiger partial charge in [0.05, 0.1) is 0 Å². The molecule has 0 radical (unpaired) electrons. The summed E-state index contributed by atoms with van der Waals surface area (Å²) < 4.78 is 5.63. The molecule has 0 saturated heterocycles. The molecule has 0 fully saturated rings. The second kappa shape index (κ2) is 6.05. The summed E-state index contributed by atoms with van der Waals surface area (Å²) in [6, 6.07) is 18.9. The van der Waals surface area contributed by atoms with Crippen molar-refractivity contribution in [2.45, 2.75) is 13.0 Å². The lowest BCUT2D eigenvalue weighted by Crippen LogP contribution is -2.37. The third kappa shape index (κ3) is 3.35. The van der Waals surface area contributed by atoms with Crippen molar-refractivity contribution < 1.29 is 9.53 Å². The minimum atomic E-state index is -0.521. The second-order valence-electron chi connectivity index (χ2n) is 4.31. The Bertz CT molecular complexity index is 525. The molecule has 19 heavy (non-hydrogen) atoms. The number of carbonyl (C=O) groups excluding carboxylic acids is 1. The smallest absolute Gasteiger partial charge is 0.267 e. The van der Waals surface area contributed by atoms with Crippen LogP contribution in [0.15, 0.2) is 60.7 Å². The van der Waals surface area contributed by atoms with E-state index < -0.39 is 6.10 Å². The molecule has 2 rings (SSSR count). The number of rotatable bonds is 4. The summed E-state index contributed by atoms with van der Waals surface area (Å²) in [4.78, 5) is 13.9. The van der Waals surface area contributed by atoms with Crippen LogP contribution >= 0.6 is 0 Å². The number of likely N-dealkylation sites (N-methyl/N-ethyl adjacent to an activating group) is 1. The second-order valence-corrected chi connectivity index (χ2v) is 4.31. The van der Waals surface area contributed by atoms with Gasteiger partial charge in [-0.25, -0.2) is 0 Å². The van der Waals surface area contributed by atoms with Crippen LogP contribution in [-0.2, 0) is 4.79 Å². The highest BCUT2D eigenvalue weighted by molar-refractivity contribution is 5.95. The molecule has 0 aromatic heterocycles. The fourth-order valence-corrected chi connectivity index (χ4v) is 1.81. The lowest BCUT2D eigenvalue weighted by atomic mass is 10.2. The van der Waals surface area contributed by atoms with Crippen molar-refractivity contribution in [1.82, 2.24) is 0 Å². The van der Waals surface area contributed by atoms with E-state index in [1.54, 1.807) is 18.9 Å². The van der Waals surface area contributed by atoms with E-state index in [0.29, 0.717) is 5.75 Å². The average molecular weight is 255 g/mol. The third-order valence-corrected chi connectivity index (χ3v) is 2.88. The Balaban J connectivity index is 2.03. The topological polar surface area (TPSA) is 29.5 Å². The Hall–Kier alpha value is -2.29. The van der Waals surface area contributed by atoms with Crippen molar-refractivity contribution in [2.24, 2.45) is 0 Å².